The van der Waals surface area contributed by atoms with E-state index in [1.165, 1.54) is 12.8 Å². The van der Waals surface area contributed by atoms with Crippen LogP contribution in [-0.2, 0) is 4.74 Å². The van der Waals surface area contributed by atoms with Crippen molar-refractivity contribution < 1.29 is 9.53 Å². The zero-order chi connectivity index (χ0) is 13.1. The van der Waals surface area contributed by atoms with Crippen LogP contribution in [-0.4, -0.2) is 12.6 Å². The predicted octanol–water partition coefficient (Wildman–Crippen LogP) is 3.92. The Hall–Kier alpha value is -2.09. The number of carbonyl (C=O) groups is 1. The van der Waals surface area contributed by atoms with Crippen LogP contribution < -0.4 is 0 Å². The van der Waals surface area contributed by atoms with Gasteiger partial charge in [-0.3, -0.25) is 0 Å². The van der Waals surface area contributed by atoms with Crippen LogP contribution in [0.25, 0.3) is 11.1 Å². The van der Waals surface area contributed by atoms with E-state index in [0.717, 1.165) is 11.1 Å². The van der Waals surface area contributed by atoms with E-state index in [0.29, 0.717) is 18.1 Å². The van der Waals surface area contributed by atoms with Crippen LogP contribution in [0.2, 0.25) is 0 Å². The van der Waals surface area contributed by atoms with E-state index < -0.39 is 0 Å². The van der Waals surface area contributed by atoms with Gasteiger partial charge in [0.25, 0.3) is 0 Å². The number of hydrogen-bond acceptors (Lipinski definition) is 2. The Morgan fingerprint density at radius 3 is 2.21 bits per heavy atom. The van der Waals surface area contributed by atoms with Crippen LogP contribution in [0.4, 0.5) is 0 Å². The molecule has 1 fully saturated rings. The Morgan fingerprint density at radius 2 is 1.58 bits per heavy atom. The van der Waals surface area contributed by atoms with Gasteiger partial charge >= 0.3 is 5.97 Å². The van der Waals surface area contributed by atoms with Gasteiger partial charge in [0.05, 0.1) is 12.2 Å². The molecular formula is C17H16O2. The average molecular weight is 252 g/mol. The van der Waals surface area contributed by atoms with E-state index in [4.69, 9.17) is 4.74 Å². The van der Waals surface area contributed by atoms with Crippen molar-refractivity contribution in [3.05, 3.63) is 60.2 Å². The fourth-order valence-electron chi connectivity index (χ4n) is 1.99. The van der Waals surface area contributed by atoms with E-state index in [1.807, 2.05) is 42.5 Å². The third-order valence-electron chi connectivity index (χ3n) is 3.37. The Morgan fingerprint density at radius 1 is 0.947 bits per heavy atom. The number of benzene rings is 2. The van der Waals surface area contributed by atoms with Crippen LogP contribution >= 0.6 is 0 Å². The van der Waals surface area contributed by atoms with Crippen molar-refractivity contribution in [1.82, 2.24) is 0 Å². The fourth-order valence-corrected chi connectivity index (χ4v) is 1.99. The summed E-state index contributed by atoms with van der Waals surface area (Å²) in [6.07, 6.45) is 2.39. The standard InChI is InChI=1S/C17H16O2/c18-17(19-12-13-6-7-13)16-10-8-15(9-11-16)14-4-2-1-3-5-14/h1-5,8-11,13H,6-7,12H2. The second kappa shape index (κ2) is 5.27. The van der Waals surface area contributed by atoms with Gasteiger partial charge in [-0.05, 0) is 42.0 Å². The molecule has 2 aromatic rings. The molecule has 0 aromatic heterocycles. The molecule has 3 rings (SSSR count). The molecule has 96 valence electrons. The Labute approximate surface area is 113 Å². The third-order valence-corrected chi connectivity index (χ3v) is 3.37. The van der Waals surface area contributed by atoms with E-state index in [1.54, 1.807) is 0 Å². The average Bonchev–Trinajstić information content (AvgIpc) is 3.30. The molecule has 0 amide bonds. The lowest BCUT2D eigenvalue weighted by Gasteiger charge is -2.05. The smallest absolute Gasteiger partial charge is 0.338 e. The largest absolute Gasteiger partial charge is 0.462 e. The summed E-state index contributed by atoms with van der Waals surface area (Å²) in [5.41, 5.74) is 2.89. The van der Waals surface area contributed by atoms with Crippen molar-refractivity contribution in [2.45, 2.75) is 12.8 Å². The third kappa shape index (κ3) is 3.02. The zero-order valence-corrected chi connectivity index (χ0v) is 10.7. The quantitative estimate of drug-likeness (QED) is 0.771. The number of ether oxygens (including phenoxy) is 1. The van der Waals surface area contributed by atoms with Crippen molar-refractivity contribution in [2.24, 2.45) is 5.92 Å². The summed E-state index contributed by atoms with van der Waals surface area (Å²) >= 11 is 0. The van der Waals surface area contributed by atoms with Crippen LogP contribution in [0.3, 0.4) is 0 Å². The van der Waals surface area contributed by atoms with Gasteiger partial charge in [-0.15, -0.1) is 0 Å². The molecule has 0 unspecified atom stereocenters. The van der Waals surface area contributed by atoms with Crippen LogP contribution in [0.1, 0.15) is 23.2 Å². The Balaban J connectivity index is 1.69. The van der Waals surface area contributed by atoms with E-state index in [-0.39, 0.29) is 5.97 Å². The second-order valence-electron chi connectivity index (χ2n) is 4.99. The highest BCUT2D eigenvalue weighted by atomic mass is 16.5. The maximum absolute atomic E-state index is 11.8. The van der Waals surface area contributed by atoms with Gasteiger partial charge in [-0.25, -0.2) is 4.79 Å². The first kappa shape index (κ1) is 12.0. The molecule has 2 heteroatoms. The van der Waals surface area contributed by atoms with Crippen LogP contribution in [0, 0.1) is 5.92 Å². The Kier molecular flexibility index (Phi) is 3.32. The second-order valence-corrected chi connectivity index (χ2v) is 4.99. The lowest BCUT2D eigenvalue weighted by molar-refractivity contribution is 0.0486. The first-order chi connectivity index (χ1) is 9.33. The Bertz CT molecular complexity index is 554. The number of carbonyl (C=O) groups excluding carboxylic acids is 1. The molecular weight excluding hydrogens is 236 g/mol. The van der Waals surface area contributed by atoms with Crippen molar-refractivity contribution in [3.8, 4) is 11.1 Å². The molecule has 0 radical (unpaired) electrons. The first-order valence-electron chi connectivity index (χ1n) is 6.65. The molecule has 0 saturated heterocycles. The van der Waals surface area contributed by atoms with Gasteiger partial charge in [-0.2, -0.15) is 0 Å². The molecule has 0 N–H and O–H groups in total. The topological polar surface area (TPSA) is 26.3 Å². The van der Waals surface area contributed by atoms with Gasteiger partial charge in [0.1, 0.15) is 0 Å². The number of hydrogen-bond donors (Lipinski definition) is 0. The van der Waals surface area contributed by atoms with Gasteiger partial charge in [0.15, 0.2) is 0 Å². The summed E-state index contributed by atoms with van der Waals surface area (Å²) in [6.45, 7) is 0.569. The normalized spacial score (nSPS) is 14.1. The molecule has 19 heavy (non-hydrogen) atoms. The van der Waals surface area contributed by atoms with Gasteiger partial charge in [0, 0.05) is 0 Å². The zero-order valence-electron chi connectivity index (χ0n) is 10.7. The highest BCUT2D eigenvalue weighted by molar-refractivity contribution is 5.90. The molecule has 0 spiro atoms. The predicted molar refractivity (Wildman–Crippen MR) is 74.9 cm³/mol. The summed E-state index contributed by atoms with van der Waals surface area (Å²) in [4.78, 5) is 11.8. The molecule has 0 aliphatic heterocycles. The van der Waals surface area contributed by atoms with Crippen molar-refractivity contribution >= 4 is 5.97 Å². The molecule has 0 heterocycles. The summed E-state index contributed by atoms with van der Waals surface area (Å²) in [7, 11) is 0. The minimum absolute atomic E-state index is 0.216. The van der Waals surface area contributed by atoms with Crippen LogP contribution in [0.15, 0.2) is 54.6 Å². The summed E-state index contributed by atoms with van der Waals surface area (Å²) in [5, 5.41) is 0. The molecule has 1 saturated carbocycles. The molecule has 0 atom stereocenters. The minimum atomic E-state index is -0.216. The summed E-state index contributed by atoms with van der Waals surface area (Å²) in [5.74, 6) is 0.388. The fraction of sp³-hybridized carbons (Fsp3) is 0.235. The van der Waals surface area contributed by atoms with Gasteiger partial charge in [0.2, 0.25) is 0 Å². The summed E-state index contributed by atoms with van der Waals surface area (Å²) in [6, 6.07) is 17.7. The van der Waals surface area contributed by atoms with E-state index in [9.17, 15) is 4.79 Å². The maximum atomic E-state index is 11.8. The van der Waals surface area contributed by atoms with Crippen molar-refractivity contribution in [2.75, 3.05) is 6.61 Å². The first-order valence-corrected chi connectivity index (χ1v) is 6.65. The lowest BCUT2D eigenvalue weighted by Crippen LogP contribution is -2.07. The molecule has 1 aliphatic rings. The number of rotatable bonds is 4. The molecule has 2 aromatic carbocycles. The van der Waals surface area contributed by atoms with Crippen molar-refractivity contribution in [3.63, 3.8) is 0 Å². The number of esters is 1. The lowest BCUT2D eigenvalue weighted by atomic mass is 10.0. The van der Waals surface area contributed by atoms with Crippen LogP contribution in [0.5, 0.6) is 0 Å². The molecule has 2 nitrogen and oxygen atoms in total. The minimum Gasteiger partial charge on any atom is -0.462 e. The SMILES string of the molecule is O=C(OCC1CC1)c1ccc(-c2ccccc2)cc1. The van der Waals surface area contributed by atoms with Gasteiger partial charge in [-0.1, -0.05) is 42.5 Å². The molecule has 0 bridgehead atoms. The maximum Gasteiger partial charge on any atom is 0.338 e. The van der Waals surface area contributed by atoms with E-state index in [2.05, 4.69) is 12.1 Å². The molecule has 1 aliphatic carbocycles. The van der Waals surface area contributed by atoms with Crippen molar-refractivity contribution in [1.29, 1.82) is 0 Å². The van der Waals surface area contributed by atoms with Gasteiger partial charge < -0.3 is 4.74 Å². The highest BCUT2D eigenvalue weighted by Crippen LogP contribution is 2.29. The van der Waals surface area contributed by atoms with E-state index >= 15 is 0 Å². The highest BCUT2D eigenvalue weighted by Gasteiger charge is 2.23. The monoisotopic (exact) mass is 252 g/mol. The summed E-state index contributed by atoms with van der Waals surface area (Å²) < 4.78 is 5.26.